The summed E-state index contributed by atoms with van der Waals surface area (Å²) < 4.78 is 2.94. The van der Waals surface area contributed by atoms with Crippen LogP contribution in [-0.2, 0) is 20.1 Å². The summed E-state index contributed by atoms with van der Waals surface area (Å²) in [7, 11) is 4.06. The van der Waals surface area contributed by atoms with Gasteiger partial charge in [-0.05, 0) is 24.2 Å². The van der Waals surface area contributed by atoms with E-state index in [0.717, 1.165) is 24.1 Å². The molecule has 1 aromatic carbocycles. The fraction of sp³-hybridized carbons (Fsp3) is 0.400. The summed E-state index contributed by atoms with van der Waals surface area (Å²) in [5.74, 6) is 0. The third-order valence-corrected chi connectivity index (χ3v) is 3.70. The fourth-order valence-electron chi connectivity index (χ4n) is 2.21. The Balaban J connectivity index is 2.18. The molecular formula is C15H21BrN4. The molecule has 2 rings (SSSR count). The monoisotopic (exact) mass is 336 g/mol. The second-order valence-electron chi connectivity index (χ2n) is 4.93. The van der Waals surface area contributed by atoms with E-state index in [0.29, 0.717) is 0 Å². The molecular weight excluding hydrogens is 316 g/mol. The van der Waals surface area contributed by atoms with Crippen molar-refractivity contribution in [3.8, 4) is 0 Å². The average Bonchev–Trinajstić information content (AvgIpc) is 2.82. The van der Waals surface area contributed by atoms with E-state index in [9.17, 15) is 0 Å². The van der Waals surface area contributed by atoms with E-state index >= 15 is 0 Å². The van der Waals surface area contributed by atoms with Crippen molar-refractivity contribution in [2.24, 2.45) is 7.05 Å². The maximum absolute atomic E-state index is 4.22. The number of hydrogen-bond acceptors (Lipinski definition) is 3. The first-order valence-corrected chi connectivity index (χ1v) is 7.57. The molecule has 1 heterocycles. The van der Waals surface area contributed by atoms with Gasteiger partial charge >= 0.3 is 0 Å². The van der Waals surface area contributed by atoms with Crippen molar-refractivity contribution in [3.63, 3.8) is 0 Å². The maximum atomic E-state index is 4.22. The minimum absolute atomic E-state index is 0.851. The average molecular weight is 337 g/mol. The van der Waals surface area contributed by atoms with E-state index in [-0.39, 0.29) is 0 Å². The highest BCUT2D eigenvalue weighted by molar-refractivity contribution is 9.10. The van der Waals surface area contributed by atoms with Crippen LogP contribution in [0.5, 0.6) is 0 Å². The SMILES string of the molecule is CCNCc1ccc(Br)cc1N(C)Cc1cnn(C)c1. The number of benzene rings is 1. The van der Waals surface area contributed by atoms with Crippen molar-refractivity contribution >= 4 is 21.6 Å². The van der Waals surface area contributed by atoms with E-state index in [1.165, 1.54) is 16.8 Å². The van der Waals surface area contributed by atoms with Gasteiger partial charge in [0.05, 0.1) is 6.20 Å². The van der Waals surface area contributed by atoms with Gasteiger partial charge in [0.1, 0.15) is 0 Å². The van der Waals surface area contributed by atoms with Crippen LogP contribution in [0, 0.1) is 0 Å². The predicted molar refractivity (Wildman–Crippen MR) is 86.8 cm³/mol. The Hall–Kier alpha value is -1.33. The van der Waals surface area contributed by atoms with Gasteiger partial charge in [-0.15, -0.1) is 0 Å². The molecule has 0 saturated carbocycles. The Morgan fingerprint density at radius 2 is 2.20 bits per heavy atom. The van der Waals surface area contributed by atoms with Gasteiger partial charge in [0.25, 0.3) is 0 Å². The zero-order valence-electron chi connectivity index (χ0n) is 12.2. The summed E-state index contributed by atoms with van der Waals surface area (Å²) in [5.41, 5.74) is 3.76. The number of nitrogens with zero attached hydrogens (tertiary/aromatic N) is 3. The first-order valence-electron chi connectivity index (χ1n) is 6.78. The number of anilines is 1. The van der Waals surface area contributed by atoms with E-state index in [4.69, 9.17) is 0 Å². The lowest BCUT2D eigenvalue weighted by atomic mass is 10.1. The molecule has 0 radical (unpaired) electrons. The number of aromatic nitrogens is 2. The molecule has 1 N–H and O–H groups in total. The van der Waals surface area contributed by atoms with Crippen molar-refractivity contribution in [2.45, 2.75) is 20.0 Å². The van der Waals surface area contributed by atoms with Crippen LogP contribution in [0.1, 0.15) is 18.1 Å². The van der Waals surface area contributed by atoms with Crippen molar-refractivity contribution in [2.75, 3.05) is 18.5 Å². The zero-order valence-corrected chi connectivity index (χ0v) is 13.8. The summed E-state index contributed by atoms with van der Waals surface area (Å²) in [5, 5.41) is 7.61. The van der Waals surface area contributed by atoms with Crippen molar-refractivity contribution in [1.29, 1.82) is 0 Å². The maximum Gasteiger partial charge on any atom is 0.0539 e. The van der Waals surface area contributed by atoms with Crippen LogP contribution in [0.4, 0.5) is 5.69 Å². The van der Waals surface area contributed by atoms with E-state index in [1.54, 1.807) is 0 Å². The van der Waals surface area contributed by atoms with Gasteiger partial charge in [-0.2, -0.15) is 5.10 Å². The third-order valence-electron chi connectivity index (χ3n) is 3.20. The molecule has 2 aromatic rings. The number of halogens is 1. The van der Waals surface area contributed by atoms with E-state index in [2.05, 4.69) is 69.6 Å². The van der Waals surface area contributed by atoms with E-state index < -0.39 is 0 Å². The first-order chi connectivity index (χ1) is 9.60. The molecule has 1 aromatic heterocycles. The number of hydrogen-bond donors (Lipinski definition) is 1. The van der Waals surface area contributed by atoms with Gasteiger partial charge < -0.3 is 10.2 Å². The Labute approximate surface area is 128 Å². The minimum Gasteiger partial charge on any atom is -0.370 e. The summed E-state index contributed by atoms with van der Waals surface area (Å²) in [4.78, 5) is 2.26. The van der Waals surface area contributed by atoms with Crippen LogP contribution in [-0.4, -0.2) is 23.4 Å². The molecule has 4 nitrogen and oxygen atoms in total. The molecule has 0 spiro atoms. The molecule has 0 saturated heterocycles. The second-order valence-corrected chi connectivity index (χ2v) is 5.85. The van der Waals surface area contributed by atoms with E-state index in [1.807, 2.05) is 17.9 Å². The van der Waals surface area contributed by atoms with Crippen molar-refractivity contribution in [3.05, 3.63) is 46.2 Å². The van der Waals surface area contributed by atoms with Crippen LogP contribution in [0.25, 0.3) is 0 Å². The highest BCUT2D eigenvalue weighted by Gasteiger charge is 2.09. The highest BCUT2D eigenvalue weighted by atomic mass is 79.9. The van der Waals surface area contributed by atoms with Gasteiger partial charge in [0, 0.05) is 49.1 Å². The number of aryl methyl sites for hydroxylation is 1. The second kappa shape index (κ2) is 6.90. The van der Waals surface area contributed by atoms with Gasteiger partial charge in [0.2, 0.25) is 0 Å². The molecule has 0 aliphatic carbocycles. The summed E-state index contributed by atoms with van der Waals surface area (Å²) in [6, 6.07) is 6.43. The van der Waals surface area contributed by atoms with Crippen molar-refractivity contribution in [1.82, 2.24) is 15.1 Å². The largest absolute Gasteiger partial charge is 0.370 e. The molecule has 0 aliphatic heterocycles. The Morgan fingerprint density at radius 3 is 2.85 bits per heavy atom. The van der Waals surface area contributed by atoms with Crippen LogP contribution in [0.3, 0.4) is 0 Å². The molecule has 0 unspecified atom stereocenters. The van der Waals surface area contributed by atoms with Crippen LogP contribution >= 0.6 is 15.9 Å². The topological polar surface area (TPSA) is 33.1 Å². The van der Waals surface area contributed by atoms with Gasteiger partial charge in [-0.3, -0.25) is 4.68 Å². The molecule has 20 heavy (non-hydrogen) atoms. The predicted octanol–water partition coefficient (Wildman–Crippen LogP) is 2.93. The quantitative estimate of drug-likeness (QED) is 0.880. The molecule has 0 atom stereocenters. The lowest BCUT2D eigenvalue weighted by Gasteiger charge is -2.22. The van der Waals surface area contributed by atoms with Crippen LogP contribution < -0.4 is 10.2 Å². The highest BCUT2D eigenvalue weighted by Crippen LogP contribution is 2.25. The molecule has 0 aliphatic rings. The third kappa shape index (κ3) is 3.84. The molecule has 5 heteroatoms. The fourth-order valence-corrected chi connectivity index (χ4v) is 2.56. The molecule has 108 valence electrons. The van der Waals surface area contributed by atoms with Gasteiger partial charge in [-0.25, -0.2) is 0 Å². The van der Waals surface area contributed by atoms with Crippen LogP contribution in [0.2, 0.25) is 0 Å². The molecule has 0 amide bonds. The Bertz CT molecular complexity index is 565. The lowest BCUT2D eigenvalue weighted by Crippen LogP contribution is -2.20. The first kappa shape index (κ1) is 15.1. The van der Waals surface area contributed by atoms with Crippen molar-refractivity contribution < 1.29 is 0 Å². The smallest absolute Gasteiger partial charge is 0.0539 e. The summed E-state index contributed by atoms with van der Waals surface area (Å²) in [6.45, 7) is 4.83. The standard InChI is InChI=1S/C15H21BrN4/c1-4-17-9-13-5-6-14(16)7-15(13)19(2)10-12-8-18-20(3)11-12/h5-8,11,17H,4,9-10H2,1-3H3. The van der Waals surface area contributed by atoms with Gasteiger partial charge in [0.15, 0.2) is 0 Å². The number of rotatable bonds is 6. The van der Waals surface area contributed by atoms with Gasteiger partial charge in [-0.1, -0.05) is 28.9 Å². The Morgan fingerprint density at radius 1 is 1.40 bits per heavy atom. The molecule has 0 bridgehead atoms. The molecule has 0 fully saturated rings. The minimum atomic E-state index is 0.851. The van der Waals surface area contributed by atoms with Crippen LogP contribution in [0.15, 0.2) is 35.1 Å². The number of nitrogens with one attached hydrogen (secondary N) is 1. The normalized spacial score (nSPS) is 10.8. The lowest BCUT2D eigenvalue weighted by molar-refractivity contribution is 0.723. The Kier molecular flexibility index (Phi) is 5.20. The summed E-state index contributed by atoms with van der Waals surface area (Å²) in [6.07, 6.45) is 3.97. The summed E-state index contributed by atoms with van der Waals surface area (Å²) >= 11 is 3.56. The zero-order chi connectivity index (χ0) is 14.5.